The van der Waals surface area contributed by atoms with E-state index in [-0.39, 0.29) is 24.9 Å². The highest BCUT2D eigenvalue weighted by Crippen LogP contribution is 2.38. The third kappa shape index (κ3) is 71.3. The number of carbonyl (C=O) groups excluding carboxylic acids is 2. The Balaban J connectivity index is 5.00. The zero-order valence-electron chi connectivity index (χ0n) is 60.8. The zero-order chi connectivity index (χ0) is 66.3. The molecule has 0 aromatic heterocycles. The average Bonchev–Trinajstić information content (AvgIpc) is 3.70. The minimum atomic E-state index is -4.71. The van der Waals surface area contributed by atoms with Gasteiger partial charge in [0.2, 0.25) is 5.91 Å². The summed E-state index contributed by atoms with van der Waals surface area (Å²) in [6.45, 7) is 6.84. The van der Waals surface area contributed by atoms with Crippen LogP contribution in [0, 0.1) is 0 Å². The van der Waals surface area contributed by atoms with Crippen LogP contribution in [0.15, 0.2) is 85.1 Å². The lowest BCUT2D eigenvalue weighted by Gasteiger charge is -2.30. The van der Waals surface area contributed by atoms with E-state index in [1.165, 1.54) is 238 Å². The van der Waals surface area contributed by atoms with Gasteiger partial charge in [-0.05, 0) is 109 Å². The Labute approximate surface area is 565 Å². The van der Waals surface area contributed by atoms with Crippen LogP contribution >= 0.6 is 7.82 Å². The molecule has 0 rings (SSSR count). The van der Waals surface area contributed by atoms with Gasteiger partial charge in [0.15, 0.2) is 0 Å². The maximum atomic E-state index is 13.7. The number of hydrogen-bond acceptors (Lipinski definition) is 7. The van der Waals surface area contributed by atoms with Crippen molar-refractivity contribution in [3.63, 3.8) is 0 Å². The first-order valence-corrected chi connectivity index (χ1v) is 40.4. The van der Waals surface area contributed by atoms with Crippen LogP contribution in [0.1, 0.15) is 367 Å². The Morgan fingerprint density at radius 1 is 0.385 bits per heavy atom. The fourth-order valence-corrected chi connectivity index (χ4v) is 12.0. The molecule has 1 amide bonds. The monoisotopic (exact) mass is 1290 g/mol. The van der Waals surface area contributed by atoms with Gasteiger partial charge in [0.05, 0.1) is 33.8 Å². The summed E-state index contributed by atoms with van der Waals surface area (Å²) in [5.74, 6) is -0.535. The van der Waals surface area contributed by atoms with Crippen molar-refractivity contribution in [1.29, 1.82) is 0 Å². The van der Waals surface area contributed by atoms with Gasteiger partial charge in [0.1, 0.15) is 19.3 Å². The molecule has 0 heterocycles. The highest BCUT2D eigenvalue weighted by molar-refractivity contribution is 7.45. The lowest BCUT2D eigenvalue weighted by molar-refractivity contribution is -0.870. The molecule has 530 valence electrons. The van der Waals surface area contributed by atoms with E-state index in [2.05, 4.69) is 99.0 Å². The number of hydrogen-bond donors (Lipinski definition) is 1. The smallest absolute Gasteiger partial charge is 0.306 e. The summed E-state index contributed by atoms with van der Waals surface area (Å²) < 4.78 is 30.5. The van der Waals surface area contributed by atoms with E-state index in [4.69, 9.17) is 13.8 Å². The largest absolute Gasteiger partial charge is 0.756 e. The number of amides is 1. The number of allylic oxidation sites excluding steroid dienone is 13. The summed E-state index contributed by atoms with van der Waals surface area (Å²) in [5, 5.41) is 3.05. The van der Waals surface area contributed by atoms with Gasteiger partial charge in [0.25, 0.3) is 7.82 Å². The van der Waals surface area contributed by atoms with E-state index >= 15 is 0 Å². The van der Waals surface area contributed by atoms with Crippen LogP contribution in [-0.4, -0.2) is 69.4 Å². The molecule has 0 saturated carbocycles. The number of esters is 1. The molecule has 0 saturated heterocycles. The van der Waals surface area contributed by atoms with Crippen molar-refractivity contribution in [1.82, 2.24) is 5.32 Å². The first-order valence-electron chi connectivity index (χ1n) is 38.9. The van der Waals surface area contributed by atoms with E-state index in [0.29, 0.717) is 17.4 Å². The third-order valence-corrected chi connectivity index (χ3v) is 18.3. The second-order valence-electron chi connectivity index (χ2n) is 27.5. The van der Waals surface area contributed by atoms with Crippen LogP contribution in [0.25, 0.3) is 0 Å². The normalized spacial score (nSPS) is 13.9. The van der Waals surface area contributed by atoms with Gasteiger partial charge in [-0.2, -0.15) is 0 Å². The van der Waals surface area contributed by atoms with Gasteiger partial charge in [-0.15, -0.1) is 0 Å². The van der Waals surface area contributed by atoms with E-state index in [9.17, 15) is 19.0 Å². The number of likely N-dealkylation sites (N-methyl/N-ethyl adjacent to an activating group) is 1. The van der Waals surface area contributed by atoms with Crippen LogP contribution in [0.3, 0.4) is 0 Å². The Morgan fingerprint density at radius 3 is 1.02 bits per heavy atom. The third-order valence-electron chi connectivity index (χ3n) is 17.3. The van der Waals surface area contributed by atoms with Crippen LogP contribution < -0.4 is 10.2 Å². The number of rotatable bonds is 71. The summed E-state index contributed by atoms with van der Waals surface area (Å²) >= 11 is 0. The summed E-state index contributed by atoms with van der Waals surface area (Å²) in [5.41, 5.74) is 0. The number of nitrogens with zero attached hydrogens (tertiary/aromatic N) is 1. The van der Waals surface area contributed by atoms with Crippen molar-refractivity contribution < 1.29 is 37.3 Å². The minimum Gasteiger partial charge on any atom is -0.756 e. The van der Waals surface area contributed by atoms with Crippen molar-refractivity contribution >= 4 is 19.7 Å². The average molecular weight is 1290 g/mol. The molecule has 0 aromatic rings. The summed E-state index contributed by atoms with van der Waals surface area (Å²) in [6, 6.07) is -0.895. The molecule has 0 fully saturated rings. The molecular formula is C81H149N2O7P. The number of phosphoric ester groups is 1. The van der Waals surface area contributed by atoms with Crippen molar-refractivity contribution in [2.45, 2.75) is 380 Å². The lowest BCUT2D eigenvalue weighted by Crippen LogP contribution is -2.47. The number of phosphoric acid groups is 1. The zero-order valence-corrected chi connectivity index (χ0v) is 61.7. The van der Waals surface area contributed by atoms with Crippen molar-refractivity contribution in [3.8, 4) is 0 Å². The number of carbonyl (C=O) groups is 2. The number of quaternary nitrogens is 1. The molecule has 0 spiro atoms. The molecule has 3 unspecified atom stereocenters. The van der Waals surface area contributed by atoms with Gasteiger partial charge in [-0.1, -0.05) is 331 Å². The molecule has 0 aliphatic heterocycles. The maximum absolute atomic E-state index is 13.7. The number of nitrogens with one attached hydrogen (secondary N) is 1. The summed E-state index contributed by atoms with van der Waals surface area (Å²) in [6.07, 6.45) is 94.3. The molecular weight excluding hydrogens is 1140 g/mol. The lowest BCUT2D eigenvalue weighted by atomic mass is 10.0. The standard InChI is InChI=1S/C81H149N2O7P/c1-7-10-13-16-19-22-25-28-30-32-34-36-38-40-41-43-44-46-48-50-52-55-58-61-64-67-70-73-80(84)82-78(77-89-91(86,87)88-76-75-83(4,5)6)79(72-69-66-63-60-57-54-27-24-21-18-15-12-9-3)90-81(85)74-71-68-65-62-59-56-53-51-49-47-45-42-39-37-35-33-31-29-26-23-20-17-14-11-8-2/h19-20,22-23,28-31,35,37,42,45,69,72,78-79H,7-18,21,24-27,32-34,36,38-41,43-44,46-68,70-71,73-77H2,1-6H3,(H-,82,84,86,87)/b22-19-,23-20-,30-28-,31-29-,37-35-,45-42-,72-69+. The van der Waals surface area contributed by atoms with E-state index in [1.807, 2.05) is 33.3 Å². The molecule has 3 atom stereocenters. The van der Waals surface area contributed by atoms with Gasteiger partial charge in [-0.25, -0.2) is 0 Å². The first kappa shape index (κ1) is 88.2. The van der Waals surface area contributed by atoms with E-state index in [1.54, 1.807) is 0 Å². The Hall–Kier alpha value is -2.81. The maximum Gasteiger partial charge on any atom is 0.306 e. The molecule has 91 heavy (non-hydrogen) atoms. The minimum absolute atomic E-state index is 0.0245. The highest BCUT2D eigenvalue weighted by atomic mass is 31.2. The second-order valence-corrected chi connectivity index (χ2v) is 28.9. The van der Waals surface area contributed by atoms with Crippen molar-refractivity contribution in [2.75, 3.05) is 40.9 Å². The molecule has 0 aliphatic carbocycles. The quantitative estimate of drug-likeness (QED) is 0.0212. The predicted molar refractivity (Wildman–Crippen MR) is 395 cm³/mol. The topological polar surface area (TPSA) is 114 Å². The molecule has 10 heteroatoms. The molecule has 0 bridgehead atoms. The highest BCUT2D eigenvalue weighted by Gasteiger charge is 2.27. The van der Waals surface area contributed by atoms with Crippen LogP contribution in [0.2, 0.25) is 0 Å². The number of ether oxygens (including phenoxy) is 1. The van der Waals surface area contributed by atoms with Gasteiger partial charge in [0, 0.05) is 12.8 Å². The van der Waals surface area contributed by atoms with Crippen LogP contribution in [0.5, 0.6) is 0 Å². The molecule has 0 radical (unpaired) electrons. The van der Waals surface area contributed by atoms with E-state index in [0.717, 1.165) is 96.3 Å². The fraction of sp³-hybridized carbons (Fsp3) is 0.802. The fourth-order valence-electron chi connectivity index (χ4n) is 11.3. The second kappa shape index (κ2) is 70.0. The van der Waals surface area contributed by atoms with Crippen molar-refractivity contribution in [3.05, 3.63) is 85.1 Å². The summed E-state index contributed by atoms with van der Waals surface area (Å²) in [7, 11) is 1.19. The Bertz CT molecular complexity index is 1830. The molecule has 1 N–H and O–H groups in total. The summed E-state index contributed by atoms with van der Waals surface area (Å²) in [4.78, 5) is 40.3. The Morgan fingerprint density at radius 2 is 0.670 bits per heavy atom. The van der Waals surface area contributed by atoms with Gasteiger partial charge in [-0.3, -0.25) is 14.2 Å². The van der Waals surface area contributed by atoms with Crippen molar-refractivity contribution in [2.24, 2.45) is 0 Å². The Kier molecular flexibility index (Phi) is 67.8. The van der Waals surface area contributed by atoms with E-state index < -0.39 is 26.6 Å². The number of unbranched alkanes of at least 4 members (excludes halogenated alkanes) is 43. The van der Waals surface area contributed by atoms with Gasteiger partial charge >= 0.3 is 5.97 Å². The van der Waals surface area contributed by atoms with Crippen LogP contribution in [-0.2, 0) is 27.9 Å². The van der Waals surface area contributed by atoms with Crippen LogP contribution in [0.4, 0.5) is 0 Å². The molecule has 0 aromatic carbocycles. The van der Waals surface area contributed by atoms with Gasteiger partial charge < -0.3 is 28.5 Å². The molecule has 0 aliphatic rings. The first-order chi connectivity index (χ1) is 44.4. The predicted octanol–water partition coefficient (Wildman–Crippen LogP) is 24.6. The SMILES string of the molecule is CCCCC/C=C\C/C=C\C/C=C\C/C=C\CCCCCCCCCCCC(=O)OC(/C=C/CCCCCCCCCCCCC)C(COP(=O)([O-])OCC[N+](C)(C)C)NC(=O)CCCCCCCCCCCCCCCCCCC/C=C\C/C=C\CCCCC. The molecule has 9 nitrogen and oxygen atoms in total.